The van der Waals surface area contributed by atoms with Gasteiger partial charge in [-0.1, -0.05) is 0 Å². The van der Waals surface area contributed by atoms with Crippen molar-refractivity contribution < 1.29 is 9.53 Å². The Morgan fingerprint density at radius 2 is 2.50 bits per heavy atom. The van der Waals surface area contributed by atoms with Crippen molar-refractivity contribution in [2.45, 2.75) is 12.1 Å². The number of likely N-dealkylation sites (N-methyl/N-ethyl adjacent to an activating group) is 1. The van der Waals surface area contributed by atoms with Gasteiger partial charge in [-0.25, -0.2) is 0 Å². The third-order valence-corrected chi connectivity index (χ3v) is 2.50. The number of carbonyl (C=O) groups is 1. The zero-order chi connectivity index (χ0) is 7.14. The molecule has 0 aromatic carbocycles. The van der Waals surface area contributed by atoms with Gasteiger partial charge in [-0.05, 0) is 7.05 Å². The minimum absolute atomic E-state index is 0.128. The standard InChI is InChI=1S/C7H11NO2/c1-8-2-5(3-9)7-6(8)4-10-7/h3,5-7H,2,4H2,1H3. The molecule has 0 radical (unpaired) electrons. The molecule has 2 aliphatic rings. The number of hydrogen-bond acceptors (Lipinski definition) is 3. The highest BCUT2D eigenvalue weighted by Crippen LogP contribution is 2.31. The maximum absolute atomic E-state index is 10.4. The van der Waals surface area contributed by atoms with Gasteiger partial charge in [0.05, 0.1) is 24.7 Å². The van der Waals surface area contributed by atoms with E-state index in [1.165, 1.54) is 0 Å². The molecule has 0 bridgehead atoms. The highest BCUT2D eigenvalue weighted by atomic mass is 16.5. The van der Waals surface area contributed by atoms with E-state index in [-0.39, 0.29) is 12.0 Å². The lowest BCUT2D eigenvalue weighted by molar-refractivity contribution is -0.127. The van der Waals surface area contributed by atoms with Gasteiger partial charge in [0, 0.05) is 6.54 Å². The van der Waals surface area contributed by atoms with Crippen LogP contribution >= 0.6 is 0 Å². The van der Waals surface area contributed by atoms with E-state index >= 15 is 0 Å². The molecule has 2 aliphatic heterocycles. The van der Waals surface area contributed by atoms with Crippen molar-refractivity contribution in [2.75, 3.05) is 20.2 Å². The van der Waals surface area contributed by atoms with Gasteiger partial charge in [0.15, 0.2) is 0 Å². The molecule has 0 aromatic rings. The Balaban J connectivity index is 2.09. The van der Waals surface area contributed by atoms with E-state index in [1.807, 2.05) is 7.05 Å². The van der Waals surface area contributed by atoms with Gasteiger partial charge in [-0.2, -0.15) is 0 Å². The quantitative estimate of drug-likeness (QED) is 0.462. The molecule has 2 rings (SSSR count). The van der Waals surface area contributed by atoms with Crippen LogP contribution in [0.15, 0.2) is 0 Å². The van der Waals surface area contributed by atoms with Crippen molar-refractivity contribution >= 4 is 6.29 Å². The molecule has 0 aliphatic carbocycles. The lowest BCUT2D eigenvalue weighted by Crippen LogP contribution is -2.49. The van der Waals surface area contributed by atoms with Crippen molar-refractivity contribution in [3.63, 3.8) is 0 Å². The molecule has 3 unspecified atom stereocenters. The van der Waals surface area contributed by atoms with Crippen LogP contribution in [0.2, 0.25) is 0 Å². The Labute approximate surface area is 60.0 Å². The minimum atomic E-state index is 0.128. The molecule has 3 heteroatoms. The summed E-state index contributed by atoms with van der Waals surface area (Å²) in [5, 5.41) is 0. The first kappa shape index (κ1) is 6.31. The third-order valence-electron chi connectivity index (χ3n) is 2.50. The average molecular weight is 141 g/mol. The molecular formula is C7H11NO2. The second kappa shape index (κ2) is 2.04. The fourth-order valence-electron chi connectivity index (χ4n) is 1.77. The normalized spacial score (nSPS) is 46.3. The van der Waals surface area contributed by atoms with Crippen LogP contribution in [0, 0.1) is 5.92 Å². The maximum Gasteiger partial charge on any atom is 0.127 e. The van der Waals surface area contributed by atoms with E-state index in [4.69, 9.17) is 4.74 Å². The van der Waals surface area contributed by atoms with Gasteiger partial charge in [-0.15, -0.1) is 0 Å². The van der Waals surface area contributed by atoms with Crippen LogP contribution in [-0.2, 0) is 9.53 Å². The highest BCUT2D eigenvalue weighted by Gasteiger charge is 2.47. The summed E-state index contributed by atoms with van der Waals surface area (Å²) in [6.45, 7) is 1.68. The Morgan fingerprint density at radius 1 is 1.70 bits per heavy atom. The van der Waals surface area contributed by atoms with Gasteiger partial charge < -0.3 is 9.53 Å². The summed E-state index contributed by atoms with van der Waals surface area (Å²) in [5.74, 6) is 0.128. The maximum atomic E-state index is 10.4. The lowest BCUT2D eigenvalue weighted by atomic mass is 10.00. The smallest absolute Gasteiger partial charge is 0.127 e. The van der Waals surface area contributed by atoms with Crippen molar-refractivity contribution in [3.05, 3.63) is 0 Å². The van der Waals surface area contributed by atoms with Crippen molar-refractivity contribution in [3.8, 4) is 0 Å². The topological polar surface area (TPSA) is 29.5 Å². The molecule has 10 heavy (non-hydrogen) atoms. The Kier molecular flexibility index (Phi) is 1.28. The number of ether oxygens (including phenoxy) is 1. The summed E-state index contributed by atoms with van der Waals surface area (Å²) in [5.41, 5.74) is 0. The number of likely N-dealkylation sites (tertiary alicyclic amines) is 1. The zero-order valence-electron chi connectivity index (χ0n) is 5.99. The first-order chi connectivity index (χ1) is 4.83. The van der Waals surface area contributed by atoms with Crippen LogP contribution < -0.4 is 0 Å². The van der Waals surface area contributed by atoms with Gasteiger partial charge in [-0.3, -0.25) is 4.90 Å². The first-order valence-corrected chi connectivity index (χ1v) is 3.60. The van der Waals surface area contributed by atoms with Crippen LogP contribution in [-0.4, -0.2) is 43.5 Å². The fourth-order valence-corrected chi connectivity index (χ4v) is 1.77. The summed E-state index contributed by atoms with van der Waals surface area (Å²) in [6.07, 6.45) is 1.22. The number of aldehydes is 1. The minimum Gasteiger partial charge on any atom is -0.374 e. The molecule has 2 heterocycles. The van der Waals surface area contributed by atoms with E-state index in [0.29, 0.717) is 6.04 Å². The molecule has 0 spiro atoms. The number of rotatable bonds is 1. The first-order valence-electron chi connectivity index (χ1n) is 3.60. The number of nitrogens with zero attached hydrogens (tertiary/aromatic N) is 1. The van der Waals surface area contributed by atoms with Crippen molar-refractivity contribution in [1.82, 2.24) is 4.90 Å². The van der Waals surface area contributed by atoms with Crippen LogP contribution in [0.25, 0.3) is 0 Å². The van der Waals surface area contributed by atoms with E-state index in [0.717, 1.165) is 19.4 Å². The van der Waals surface area contributed by atoms with Crippen LogP contribution in [0.3, 0.4) is 0 Å². The van der Waals surface area contributed by atoms with E-state index in [1.54, 1.807) is 0 Å². The van der Waals surface area contributed by atoms with Gasteiger partial charge in [0.25, 0.3) is 0 Å². The fraction of sp³-hybridized carbons (Fsp3) is 0.857. The average Bonchev–Trinajstić information content (AvgIpc) is 2.02. The summed E-state index contributed by atoms with van der Waals surface area (Å²) >= 11 is 0. The third kappa shape index (κ3) is 0.646. The number of fused-ring (bicyclic) bond motifs is 1. The summed E-state index contributed by atoms with van der Waals surface area (Å²) in [4.78, 5) is 12.6. The predicted molar refractivity (Wildman–Crippen MR) is 35.7 cm³/mol. The van der Waals surface area contributed by atoms with E-state index in [9.17, 15) is 4.79 Å². The highest BCUT2D eigenvalue weighted by molar-refractivity contribution is 5.56. The Hall–Kier alpha value is -0.410. The second-order valence-corrected chi connectivity index (χ2v) is 3.10. The van der Waals surface area contributed by atoms with E-state index in [2.05, 4.69) is 4.90 Å². The summed E-state index contributed by atoms with van der Waals surface area (Å²) in [7, 11) is 2.05. The van der Waals surface area contributed by atoms with Gasteiger partial charge >= 0.3 is 0 Å². The van der Waals surface area contributed by atoms with E-state index < -0.39 is 0 Å². The lowest BCUT2D eigenvalue weighted by Gasteiger charge is -2.35. The molecule has 2 saturated heterocycles. The SMILES string of the molecule is CN1CC(C=O)C2OCC21. The summed E-state index contributed by atoms with van der Waals surface area (Å²) < 4.78 is 5.26. The molecule has 0 amide bonds. The largest absolute Gasteiger partial charge is 0.374 e. The van der Waals surface area contributed by atoms with Crippen LogP contribution in [0.1, 0.15) is 0 Å². The monoisotopic (exact) mass is 141 g/mol. The van der Waals surface area contributed by atoms with Gasteiger partial charge in [0.2, 0.25) is 0 Å². The molecule has 0 aromatic heterocycles. The molecule has 0 saturated carbocycles. The molecule has 3 atom stereocenters. The Morgan fingerprint density at radius 3 is 2.80 bits per heavy atom. The number of carbonyl (C=O) groups excluding carboxylic acids is 1. The number of hydrogen-bond donors (Lipinski definition) is 0. The van der Waals surface area contributed by atoms with Crippen LogP contribution in [0.5, 0.6) is 0 Å². The predicted octanol–water partition coefficient (Wildman–Crippen LogP) is -0.486. The molecule has 56 valence electrons. The molecular weight excluding hydrogens is 130 g/mol. The Bertz CT molecular complexity index is 160. The van der Waals surface area contributed by atoms with Crippen molar-refractivity contribution in [1.29, 1.82) is 0 Å². The molecule has 2 fully saturated rings. The van der Waals surface area contributed by atoms with Gasteiger partial charge in [0.1, 0.15) is 6.29 Å². The second-order valence-electron chi connectivity index (χ2n) is 3.10. The molecule has 0 N–H and O–H groups in total. The zero-order valence-corrected chi connectivity index (χ0v) is 5.99. The molecule has 3 nitrogen and oxygen atoms in total. The van der Waals surface area contributed by atoms with Crippen molar-refractivity contribution in [2.24, 2.45) is 5.92 Å². The summed E-state index contributed by atoms with van der Waals surface area (Å²) in [6, 6.07) is 0.523. The van der Waals surface area contributed by atoms with Crippen LogP contribution in [0.4, 0.5) is 0 Å².